The molecule has 0 aliphatic rings. The van der Waals surface area contributed by atoms with Gasteiger partial charge in [-0.05, 0) is 35.9 Å². The van der Waals surface area contributed by atoms with Crippen LogP contribution >= 0.6 is 34.7 Å². The fourth-order valence-electron chi connectivity index (χ4n) is 2.16. The van der Waals surface area contributed by atoms with Crippen LogP contribution in [0.15, 0.2) is 46.8 Å². The van der Waals surface area contributed by atoms with Crippen LogP contribution in [-0.2, 0) is 10.5 Å². The van der Waals surface area contributed by atoms with Crippen molar-refractivity contribution in [3.05, 3.63) is 70.0 Å². The number of benzene rings is 2. The van der Waals surface area contributed by atoms with Gasteiger partial charge in [-0.15, -0.1) is 10.2 Å². The van der Waals surface area contributed by atoms with Crippen molar-refractivity contribution in [3.8, 4) is 0 Å². The maximum absolute atomic E-state index is 13.1. The van der Waals surface area contributed by atoms with Crippen LogP contribution in [0.25, 0.3) is 0 Å². The number of nitrogens with one attached hydrogen (secondary N) is 1. The van der Waals surface area contributed by atoms with Crippen LogP contribution in [0.5, 0.6) is 0 Å². The van der Waals surface area contributed by atoms with Crippen LogP contribution in [0.4, 0.5) is 9.52 Å². The van der Waals surface area contributed by atoms with Crippen molar-refractivity contribution in [1.29, 1.82) is 0 Å². The highest BCUT2D eigenvalue weighted by molar-refractivity contribution is 8.00. The van der Waals surface area contributed by atoms with E-state index in [1.54, 1.807) is 12.1 Å². The minimum atomic E-state index is -0.518. The molecule has 0 aliphatic carbocycles. The predicted octanol–water partition coefficient (Wildman–Crippen LogP) is 4.66. The number of esters is 1. The van der Waals surface area contributed by atoms with Gasteiger partial charge >= 0.3 is 5.97 Å². The molecule has 0 unspecified atom stereocenters. The standard InChI is InChI=1S/C18H13ClFN3O3S2/c1-26-16(25)11-4-2-10(3-5-11)9-27-18-23-22-17(28-18)21-15(24)13-7-6-12(20)8-14(13)19/h2-8H,9H2,1H3,(H,21,22,24). The molecule has 0 bridgehead atoms. The minimum Gasteiger partial charge on any atom is -0.465 e. The number of carbonyl (C=O) groups excluding carboxylic acids is 2. The van der Waals surface area contributed by atoms with Crippen LogP contribution in [0, 0.1) is 5.82 Å². The number of halogens is 2. The monoisotopic (exact) mass is 437 g/mol. The van der Waals surface area contributed by atoms with E-state index in [1.165, 1.54) is 36.3 Å². The molecular formula is C18H13ClFN3O3S2. The van der Waals surface area contributed by atoms with Crippen molar-refractivity contribution >= 4 is 51.7 Å². The van der Waals surface area contributed by atoms with Crippen molar-refractivity contribution in [2.24, 2.45) is 0 Å². The second-order valence-corrected chi connectivity index (χ2v) is 8.04. The number of ether oxygens (including phenoxy) is 1. The molecule has 1 amide bonds. The number of aromatic nitrogens is 2. The summed E-state index contributed by atoms with van der Waals surface area (Å²) < 4.78 is 18.4. The van der Waals surface area contributed by atoms with Gasteiger partial charge in [0.1, 0.15) is 5.82 Å². The summed E-state index contributed by atoms with van der Waals surface area (Å²) in [7, 11) is 1.34. The SMILES string of the molecule is COC(=O)c1ccc(CSc2nnc(NC(=O)c3ccc(F)cc3Cl)s2)cc1. The van der Waals surface area contributed by atoms with Crippen LogP contribution in [0.1, 0.15) is 26.3 Å². The first-order valence-corrected chi connectivity index (χ1v) is 10.0. The Kier molecular flexibility index (Phi) is 6.61. The summed E-state index contributed by atoms with van der Waals surface area (Å²) in [5.41, 5.74) is 1.63. The highest BCUT2D eigenvalue weighted by Gasteiger charge is 2.14. The van der Waals surface area contributed by atoms with E-state index in [1.807, 2.05) is 12.1 Å². The van der Waals surface area contributed by atoms with Crippen molar-refractivity contribution in [1.82, 2.24) is 10.2 Å². The molecule has 144 valence electrons. The first-order valence-electron chi connectivity index (χ1n) is 7.86. The molecule has 3 aromatic rings. The van der Waals surface area contributed by atoms with Crippen LogP contribution < -0.4 is 5.32 Å². The minimum absolute atomic E-state index is 0.0204. The summed E-state index contributed by atoms with van der Waals surface area (Å²) in [5.74, 6) is -0.773. The lowest BCUT2D eigenvalue weighted by Crippen LogP contribution is -2.12. The number of hydrogen-bond acceptors (Lipinski definition) is 7. The van der Waals surface area contributed by atoms with Gasteiger partial charge in [0.25, 0.3) is 5.91 Å². The Hall–Kier alpha value is -2.49. The lowest BCUT2D eigenvalue weighted by Gasteiger charge is -2.03. The van der Waals surface area contributed by atoms with E-state index in [0.717, 1.165) is 17.7 Å². The Balaban J connectivity index is 1.58. The van der Waals surface area contributed by atoms with Crippen molar-refractivity contribution in [3.63, 3.8) is 0 Å². The summed E-state index contributed by atoms with van der Waals surface area (Å²) >= 11 is 8.54. The molecule has 6 nitrogen and oxygen atoms in total. The number of anilines is 1. The van der Waals surface area contributed by atoms with E-state index >= 15 is 0 Å². The lowest BCUT2D eigenvalue weighted by molar-refractivity contribution is 0.0600. The number of carbonyl (C=O) groups is 2. The number of hydrogen-bond donors (Lipinski definition) is 1. The van der Waals surface area contributed by atoms with Crippen LogP contribution in [0.2, 0.25) is 5.02 Å². The molecule has 1 N–H and O–H groups in total. The van der Waals surface area contributed by atoms with Gasteiger partial charge in [0.2, 0.25) is 5.13 Å². The van der Waals surface area contributed by atoms with Crippen LogP contribution in [-0.4, -0.2) is 29.2 Å². The number of thioether (sulfide) groups is 1. The Morgan fingerprint density at radius 2 is 1.96 bits per heavy atom. The van der Waals surface area contributed by atoms with Gasteiger partial charge in [-0.1, -0.05) is 46.8 Å². The molecule has 0 radical (unpaired) electrons. The number of amides is 1. The highest BCUT2D eigenvalue weighted by Crippen LogP contribution is 2.29. The maximum Gasteiger partial charge on any atom is 0.337 e. The zero-order valence-corrected chi connectivity index (χ0v) is 16.8. The third kappa shape index (κ3) is 5.06. The van der Waals surface area contributed by atoms with Crippen LogP contribution in [0.3, 0.4) is 0 Å². The van der Waals surface area contributed by atoms with E-state index in [-0.39, 0.29) is 16.6 Å². The molecule has 0 aliphatic heterocycles. The maximum atomic E-state index is 13.1. The normalized spacial score (nSPS) is 10.5. The fraction of sp³-hybridized carbons (Fsp3) is 0.111. The van der Waals surface area contributed by atoms with E-state index in [0.29, 0.717) is 20.8 Å². The average molecular weight is 438 g/mol. The summed E-state index contributed by atoms with van der Waals surface area (Å²) in [6.07, 6.45) is 0. The summed E-state index contributed by atoms with van der Waals surface area (Å²) in [5, 5.41) is 10.9. The zero-order valence-electron chi connectivity index (χ0n) is 14.4. The van der Waals surface area contributed by atoms with Crippen molar-refractivity contribution < 1.29 is 18.7 Å². The largest absolute Gasteiger partial charge is 0.465 e. The number of rotatable bonds is 6. The Morgan fingerprint density at radius 1 is 1.21 bits per heavy atom. The molecule has 3 rings (SSSR count). The van der Waals surface area contributed by atoms with Gasteiger partial charge in [-0.2, -0.15) is 0 Å². The van der Waals surface area contributed by atoms with Gasteiger partial charge in [0.05, 0.1) is 23.3 Å². The Bertz CT molecular complexity index is 1010. The van der Waals surface area contributed by atoms with E-state index in [9.17, 15) is 14.0 Å². The molecule has 1 heterocycles. The van der Waals surface area contributed by atoms with Gasteiger partial charge in [-0.25, -0.2) is 9.18 Å². The van der Waals surface area contributed by atoms with Gasteiger partial charge in [-0.3, -0.25) is 10.1 Å². The quantitative estimate of drug-likeness (QED) is 0.343. The first-order chi connectivity index (χ1) is 13.5. The van der Waals surface area contributed by atoms with Gasteiger partial charge in [0, 0.05) is 5.75 Å². The Labute approximate surface area is 173 Å². The first kappa shape index (κ1) is 20.2. The Morgan fingerprint density at radius 3 is 2.64 bits per heavy atom. The van der Waals surface area contributed by atoms with E-state index in [2.05, 4.69) is 20.3 Å². The zero-order chi connectivity index (χ0) is 20.1. The topological polar surface area (TPSA) is 81.2 Å². The lowest BCUT2D eigenvalue weighted by atomic mass is 10.1. The third-order valence-electron chi connectivity index (χ3n) is 3.54. The molecular weight excluding hydrogens is 425 g/mol. The molecule has 2 aromatic carbocycles. The summed E-state index contributed by atoms with van der Waals surface area (Å²) in [6.45, 7) is 0. The molecule has 28 heavy (non-hydrogen) atoms. The van der Waals surface area contributed by atoms with E-state index < -0.39 is 11.7 Å². The smallest absolute Gasteiger partial charge is 0.337 e. The fourth-order valence-corrected chi connectivity index (χ4v) is 4.11. The second kappa shape index (κ2) is 9.13. The van der Waals surface area contributed by atoms with Gasteiger partial charge < -0.3 is 4.74 Å². The molecule has 0 saturated carbocycles. The molecule has 1 aromatic heterocycles. The molecule has 0 atom stereocenters. The number of nitrogens with zero attached hydrogens (tertiary/aromatic N) is 2. The molecule has 0 fully saturated rings. The predicted molar refractivity (Wildman–Crippen MR) is 107 cm³/mol. The summed E-state index contributed by atoms with van der Waals surface area (Å²) in [6, 6.07) is 10.6. The molecule has 0 spiro atoms. The van der Waals surface area contributed by atoms with Gasteiger partial charge in [0.15, 0.2) is 4.34 Å². The second-order valence-electron chi connectivity index (χ2n) is 5.43. The van der Waals surface area contributed by atoms with Crippen molar-refractivity contribution in [2.45, 2.75) is 10.1 Å². The third-order valence-corrected chi connectivity index (χ3v) is 5.90. The summed E-state index contributed by atoms with van der Waals surface area (Å²) in [4.78, 5) is 23.7. The molecule has 0 saturated heterocycles. The number of methoxy groups -OCH3 is 1. The average Bonchev–Trinajstić information content (AvgIpc) is 3.13. The highest BCUT2D eigenvalue weighted by atomic mass is 35.5. The van der Waals surface area contributed by atoms with E-state index in [4.69, 9.17) is 11.6 Å². The molecule has 10 heteroatoms. The van der Waals surface area contributed by atoms with Crippen molar-refractivity contribution in [2.75, 3.05) is 12.4 Å².